The van der Waals surface area contributed by atoms with Crippen molar-refractivity contribution in [3.05, 3.63) is 56.9 Å². The van der Waals surface area contributed by atoms with Crippen molar-refractivity contribution in [3.8, 4) is 11.5 Å². The molecule has 0 radical (unpaired) electrons. The summed E-state index contributed by atoms with van der Waals surface area (Å²) in [5.41, 5.74) is 1.12. The first-order valence-corrected chi connectivity index (χ1v) is 8.73. The van der Waals surface area contributed by atoms with Crippen molar-refractivity contribution in [2.24, 2.45) is 0 Å². The summed E-state index contributed by atoms with van der Waals surface area (Å²) < 4.78 is 10.6. The molecule has 2 aliphatic rings. The lowest BCUT2D eigenvalue weighted by Gasteiger charge is -2.13. The van der Waals surface area contributed by atoms with Crippen molar-refractivity contribution in [3.63, 3.8) is 0 Å². The molecule has 0 saturated carbocycles. The number of hydrogen-bond acceptors (Lipinski definition) is 5. The van der Waals surface area contributed by atoms with Crippen LogP contribution in [0.25, 0.3) is 6.08 Å². The highest BCUT2D eigenvalue weighted by Crippen LogP contribution is 2.39. The number of amides is 2. The molecular weight excluding hydrogens is 385 g/mol. The number of ether oxygens (including phenoxy) is 2. The van der Waals surface area contributed by atoms with Crippen LogP contribution in [-0.4, -0.2) is 17.9 Å². The molecule has 0 aromatic heterocycles. The van der Waals surface area contributed by atoms with Gasteiger partial charge in [0.25, 0.3) is 11.1 Å². The van der Waals surface area contributed by atoms with E-state index in [2.05, 4.69) is 0 Å². The number of anilines is 1. The maximum atomic E-state index is 12.6. The number of carbonyl (C=O) groups is 2. The van der Waals surface area contributed by atoms with Gasteiger partial charge in [-0.15, -0.1) is 0 Å². The van der Waals surface area contributed by atoms with Crippen LogP contribution >= 0.6 is 35.0 Å². The summed E-state index contributed by atoms with van der Waals surface area (Å²) in [4.78, 5) is 26.3. The van der Waals surface area contributed by atoms with E-state index in [9.17, 15) is 9.59 Å². The Labute approximate surface area is 157 Å². The Morgan fingerprint density at radius 2 is 1.80 bits per heavy atom. The highest BCUT2D eigenvalue weighted by Gasteiger charge is 2.36. The van der Waals surface area contributed by atoms with Gasteiger partial charge in [0.1, 0.15) is 0 Å². The highest BCUT2D eigenvalue weighted by atomic mass is 35.5. The zero-order chi connectivity index (χ0) is 17.6. The fourth-order valence-electron chi connectivity index (χ4n) is 2.47. The van der Waals surface area contributed by atoms with Gasteiger partial charge in [-0.1, -0.05) is 29.3 Å². The predicted octanol–water partition coefficient (Wildman–Crippen LogP) is 4.96. The molecule has 0 aliphatic carbocycles. The zero-order valence-electron chi connectivity index (χ0n) is 12.5. The van der Waals surface area contributed by atoms with Crippen LogP contribution in [0.4, 0.5) is 10.5 Å². The summed E-state index contributed by atoms with van der Waals surface area (Å²) in [6, 6.07) is 9.93. The van der Waals surface area contributed by atoms with Crippen LogP contribution in [0.1, 0.15) is 5.56 Å². The molecule has 2 aliphatic heterocycles. The van der Waals surface area contributed by atoms with Gasteiger partial charge < -0.3 is 9.47 Å². The molecule has 25 heavy (non-hydrogen) atoms. The molecule has 8 heteroatoms. The van der Waals surface area contributed by atoms with Crippen molar-refractivity contribution < 1.29 is 19.1 Å². The Balaban J connectivity index is 1.65. The number of imide groups is 1. The topological polar surface area (TPSA) is 55.8 Å². The molecule has 1 saturated heterocycles. The summed E-state index contributed by atoms with van der Waals surface area (Å²) in [6.07, 6.45) is 1.64. The van der Waals surface area contributed by atoms with Gasteiger partial charge in [-0.3, -0.25) is 9.59 Å². The van der Waals surface area contributed by atoms with Gasteiger partial charge >= 0.3 is 0 Å². The summed E-state index contributed by atoms with van der Waals surface area (Å²) in [5.74, 6) is 0.851. The number of halogens is 2. The van der Waals surface area contributed by atoms with E-state index in [4.69, 9.17) is 32.7 Å². The average molecular weight is 394 g/mol. The Bertz CT molecular complexity index is 944. The van der Waals surface area contributed by atoms with Crippen molar-refractivity contribution >= 4 is 57.9 Å². The lowest BCUT2D eigenvalue weighted by Crippen LogP contribution is -2.27. The van der Waals surface area contributed by atoms with Gasteiger partial charge in [-0.2, -0.15) is 0 Å². The molecule has 4 rings (SSSR count). The van der Waals surface area contributed by atoms with Gasteiger partial charge in [0.2, 0.25) is 6.79 Å². The van der Waals surface area contributed by atoms with E-state index < -0.39 is 11.1 Å². The molecule has 0 atom stereocenters. The average Bonchev–Trinajstić information content (AvgIpc) is 3.15. The van der Waals surface area contributed by atoms with Crippen LogP contribution in [0, 0.1) is 0 Å². The van der Waals surface area contributed by atoms with E-state index in [1.807, 2.05) is 0 Å². The number of nitrogens with zero attached hydrogens (tertiary/aromatic N) is 1. The molecular formula is C17H9Cl2NO4S. The van der Waals surface area contributed by atoms with E-state index in [1.54, 1.807) is 36.4 Å². The molecule has 2 aromatic carbocycles. The minimum Gasteiger partial charge on any atom is -0.454 e. The monoisotopic (exact) mass is 393 g/mol. The summed E-state index contributed by atoms with van der Waals surface area (Å²) in [7, 11) is 0. The lowest BCUT2D eigenvalue weighted by atomic mass is 10.2. The van der Waals surface area contributed by atoms with Crippen LogP contribution < -0.4 is 14.4 Å². The fraction of sp³-hybridized carbons (Fsp3) is 0.0588. The van der Waals surface area contributed by atoms with E-state index in [0.717, 1.165) is 22.2 Å². The van der Waals surface area contributed by atoms with Crippen LogP contribution in [0.3, 0.4) is 0 Å². The molecule has 126 valence electrons. The highest BCUT2D eigenvalue weighted by molar-refractivity contribution is 8.19. The molecule has 0 N–H and O–H groups in total. The minimum atomic E-state index is -0.411. The second-order valence-electron chi connectivity index (χ2n) is 5.23. The first-order chi connectivity index (χ1) is 12.0. The smallest absolute Gasteiger partial charge is 0.298 e. The van der Waals surface area contributed by atoms with Crippen LogP contribution in [-0.2, 0) is 4.79 Å². The maximum Gasteiger partial charge on any atom is 0.298 e. The second-order valence-corrected chi connectivity index (χ2v) is 7.04. The lowest BCUT2D eigenvalue weighted by molar-refractivity contribution is -0.113. The van der Waals surface area contributed by atoms with Crippen LogP contribution in [0.15, 0.2) is 41.3 Å². The number of carbonyl (C=O) groups excluding carboxylic acids is 2. The molecule has 1 fully saturated rings. The van der Waals surface area contributed by atoms with E-state index in [1.165, 1.54) is 6.07 Å². The maximum absolute atomic E-state index is 12.6. The third-order valence-corrected chi connectivity index (χ3v) is 5.26. The number of hydrogen-bond donors (Lipinski definition) is 0. The Morgan fingerprint density at radius 3 is 2.60 bits per heavy atom. The molecule has 2 heterocycles. The van der Waals surface area contributed by atoms with Gasteiger partial charge in [0.15, 0.2) is 11.5 Å². The van der Waals surface area contributed by atoms with Gasteiger partial charge in [0, 0.05) is 0 Å². The van der Waals surface area contributed by atoms with Crippen molar-refractivity contribution in [1.82, 2.24) is 0 Å². The molecule has 2 aromatic rings. The van der Waals surface area contributed by atoms with E-state index >= 15 is 0 Å². The zero-order valence-corrected chi connectivity index (χ0v) is 14.8. The minimum absolute atomic E-state index is 0.173. The second kappa shape index (κ2) is 6.29. The van der Waals surface area contributed by atoms with Gasteiger partial charge in [-0.05, 0) is 53.7 Å². The SMILES string of the molecule is O=C1S/C(=C\c2ccc3c(c2)OCO3)C(=O)N1c1ccc(Cl)c(Cl)c1. The Kier molecular flexibility index (Phi) is 4.11. The molecule has 5 nitrogen and oxygen atoms in total. The van der Waals surface area contributed by atoms with E-state index in [-0.39, 0.29) is 11.8 Å². The van der Waals surface area contributed by atoms with Crippen LogP contribution in [0.2, 0.25) is 10.0 Å². The molecule has 2 amide bonds. The van der Waals surface area contributed by atoms with Crippen molar-refractivity contribution in [2.75, 3.05) is 11.7 Å². The number of fused-ring (bicyclic) bond motifs is 1. The number of benzene rings is 2. The standard InChI is InChI=1S/C17H9Cl2NO4S/c18-11-3-2-10(7-12(11)19)20-16(21)15(25-17(20)22)6-9-1-4-13-14(5-9)24-8-23-13/h1-7H,8H2/b15-6-. The molecule has 0 spiro atoms. The predicted molar refractivity (Wildman–Crippen MR) is 97.5 cm³/mol. The fourth-order valence-corrected chi connectivity index (χ4v) is 3.60. The summed E-state index contributed by atoms with van der Waals surface area (Å²) in [6.45, 7) is 0.173. The summed E-state index contributed by atoms with van der Waals surface area (Å²) in [5, 5.41) is 0.238. The molecule has 0 bridgehead atoms. The van der Waals surface area contributed by atoms with Crippen molar-refractivity contribution in [2.45, 2.75) is 0 Å². The number of thioether (sulfide) groups is 1. The first kappa shape index (κ1) is 16.3. The third kappa shape index (κ3) is 2.97. The first-order valence-electron chi connectivity index (χ1n) is 7.15. The van der Waals surface area contributed by atoms with Crippen LogP contribution in [0.5, 0.6) is 11.5 Å². The largest absolute Gasteiger partial charge is 0.454 e. The third-order valence-electron chi connectivity index (χ3n) is 3.65. The van der Waals surface area contributed by atoms with Crippen molar-refractivity contribution in [1.29, 1.82) is 0 Å². The Hall–Kier alpha value is -2.15. The normalized spacial score (nSPS) is 17.7. The summed E-state index contributed by atoms with van der Waals surface area (Å²) >= 11 is 12.7. The van der Waals surface area contributed by atoms with E-state index in [0.29, 0.717) is 27.1 Å². The van der Waals surface area contributed by atoms with Gasteiger partial charge in [0.05, 0.1) is 20.6 Å². The Morgan fingerprint density at radius 1 is 1.00 bits per heavy atom. The van der Waals surface area contributed by atoms with Gasteiger partial charge in [-0.25, -0.2) is 4.90 Å². The molecule has 0 unspecified atom stereocenters. The number of rotatable bonds is 2. The quantitative estimate of drug-likeness (QED) is 0.674.